The molecule has 0 aliphatic carbocycles. The van der Waals surface area contributed by atoms with Gasteiger partial charge < -0.3 is 10.2 Å². The molecule has 5 heteroatoms. The first-order chi connectivity index (χ1) is 9.56. The lowest BCUT2D eigenvalue weighted by Crippen LogP contribution is -2.52. The van der Waals surface area contributed by atoms with E-state index < -0.39 is 0 Å². The Kier molecular flexibility index (Phi) is 4.95. The van der Waals surface area contributed by atoms with Crippen molar-refractivity contribution in [2.24, 2.45) is 0 Å². The maximum absolute atomic E-state index is 13.6. The summed E-state index contributed by atoms with van der Waals surface area (Å²) in [6, 6.07) is 7.00. The molecule has 0 saturated carbocycles. The molecule has 1 aromatic rings. The second-order valence-corrected chi connectivity index (χ2v) is 5.46. The number of halogens is 1. The fourth-order valence-corrected chi connectivity index (χ4v) is 2.31. The summed E-state index contributed by atoms with van der Waals surface area (Å²) in [6.45, 7) is 7.44. The molecule has 1 aliphatic heterocycles. The number of nitrogens with zero attached hydrogens (tertiary/aromatic N) is 2. The van der Waals surface area contributed by atoms with Gasteiger partial charge in [0.15, 0.2) is 0 Å². The van der Waals surface area contributed by atoms with Crippen molar-refractivity contribution in [2.75, 3.05) is 26.2 Å². The van der Waals surface area contributed by atoms with Crippen LogP contribution in [0.25, 0.3) is 0 Å². The van der Waals surface area contributed by atoms with E-state index in [4.69, 9.17) is 0 Å². The maximum Gasteiger partial charge on any atom is 0.317 e. The Balaban J connectivity index is 1.83. The highest BCUT2D eigenvalue weighted by molar-refractivity contribution is 5.74. The van der Waals surface area contributed by atoms with Crippen LogP contribution in [0.1, 0.15) is 19.4 Å². The lowest BCUT2D eigenvalue weighted by Gasteiger charge is -2.35. The van der Waals surface area contributed by atoms with E-state index in [1.165, 1.54) is 6.07 Å². The van der Waals surface area contributed by atoms with Gasteiger partial charge >= 0.3 is 6.03 Å². The van der Waals surface area contributed by atoms with Gasteiger partial charge in [-0.3, -0.25) is 4.90 Å². The first-order valence-electron chi connectivity index (χ1n) is 7.07. The first-order valence-corrected chi connectivity index (χ1v) is 7.07. The molecular formula is C15H22FN3O. The van der Waals surface area contributed by atoms with Gasteiger partial charge in [-0.1, -0.05) is 18.2 Å². The molecule has 1 aromatic carbocycles. The number of carbonyl (C=O) groups excluding carboxylic acids is 1. The molecule has 0 spiro atoms. The van der Waals surface area contributed by atoms with E-state index >= 15 is 0 Å². The fourth-order valence-electron chi connectivity index (χ4n) is 2.31. The SMILES string of the molecule is CC(C)NC(=O)N1CCN(Cc2ccccc2F)CC1. The second-order valence-electron chi connectivity index (χ2n) is 5.46. The van der Waals surface area contributed by atoms with Crippen LogP contribution in [0, 0.1) is 5.82 Å². The molecule has 1 N–H and O–H groups in total. The minimum atomic E-state index is -0.160. The number of piperazine rings is 1. The number of nitrogens with one attached hydrogen (secondary N) is 1. The molecule has 2 rings (SSSR count). The number of urea groups is 1. The number of carbonyl (C=O) groups is 1. The average Bonchev–Trinajstić information content (AvgIpc) is 2.41. The van der Waals surface area contributed by atoms with E-state index in [0.29, 0.717) is 25.2 Å². The highest BCUT2D eigenvalue weighted by Gasteiger charge is 2.21. The molecule has 0 unspecified atom stereocenters. The zero-order chi connectivity index (χ0) is 14.5. The molecule has 4 nitrogen and oxygen atoms in total. The van der Waals surface area contributed by atoms with Gasteiger partial charge in [0.25, 0.3) is 0 Å². The molecule has 0 aromatic heterocycles. The van der Waals surface area contributed by atoms with E-state index in [-0.39, 0.29) is 17.9 Å². The summed E-state index contributed by atoms with van der Waals surface area (Å²) < 4.78 is 13.6. The van der Waals surface area contributed by atoms with E-state index in [2.05, 4.69) is 10.2 Å². The Morgan fingerprint density at radius 3 is 2.50 bits per heavy atom. The smallest absolute Gasteiger partial charge is 0.317 e. The van der Waals surface area contributed by atoms with Crippen LogP contribution in [0.2, 0.25) is 0 Å². The molecule has 0 bridgehead atoms. The third-order valence-electron chi connectivity index (χ3n) is 3.42. The van der Waals surface area contributed by atoms with Crippen LogP contribution in [0.5, 0.6) is 0 Å². The van der Waals surface area contributed by atoms with Crippen LogP contribution < -0.4 is 5.32 Å². The van der Waals surface area contributed by atoms with Gasteiger partial charge in [0.1, 0.15) is 5.82 Å². The largest absolute Gasteiger partial charge is 0.336 e. The maximum atomic E-state index is 13.6. The van der Waals surface area contributed by atoms with Crippen molar-refractivity contribution < 1.29 is 9.18 Å². The van der Waals surface area contributed by atoms with E-state index in [9.17, 15) is 9.18 Å². The van der Waals surface area contributed by atoms with Gasteiger partial charge in [-0.2, -0.15) is 0 Å². The topological polar surface area (TPSA) is 35.6 Å². The molecule has 0 atom stereocenters. The normalized spacial score (nSPS) is 16.5. The third kappa shape index (κ3) is 3.93. The number of amides is 2. The van der Waals surface area contributed by atoms with Gasteiger partial charge in [0.05, 0.1) is 0 Å². The molecular weight excluding hydrogens is 257 g/mol. The van der Waals surface area contributed by atoms with Crippen LogP contribution in [0.4, 0.5) is 9.18 Å². The van der Waals surface area contributed by atoms with Crippen molar-refractivity contribution >= 4 is 6.03 Å². The predicted molar refractivity (Wildman–Crippen MR) is 76.9 cm³/mol. The molecule has 110 valence electrons. The van der Waals surface area contributed by atoms with E-state index in [1.54, 1.807) is 6.07 Å². The van der Waals surface area contributed by atoms with Gasteiger partial charge in [-0.05, 0) is 19.9 Å². The standard InChI is InChI=1S/C15H22FN3O/c1-12(2)17-15(20)19-9-7-18(8-10-19)11-13-5-3-4-6-14(13)16/h3-6,12H,7-11H2,1-2H3,(H,17,20). The van der Waals surface area contributed by atoms with Crippen LogP contribution in [-0.4, -0.2) is 48.1 Å². The lowest BCUT2D eigenvalue weighted by atomic mass is 10.2. The molecule has 1 aliphatic rings. The summed E-state index contributed by atoms with van der Waals surface area (Å²) in [5.74, 6) is -0.160. The number of rotatable bonds is 3. The fraction of sp³-hybridized carbons (Fsp3) is 0.533. The predicted octanol–water partition coefficient (Wildman–Crippen LogP) is 2.06. The van der Waals surface area contributed by atoms with Gasteiger partial charge in [-0.25, -0.2) is 9.18 Å². The highest BCUT2D eigenvalue weighted by Crippen LogP contribution is 2.12. The van der Waals surface area contributed by atoms with Crippen molar-refractivity contribution in [3.8, 4) is 0 Å². The molecule has 0 radical (unpaired) electrons. The van der Waals surface area contributed by atoms with Crippen molar-refractivity contribution in [3.63, 3.8) is 0 Å². The van der Waals surface area contributed by atoms with Gasteiger partial charge in [0, 0.05) is 44.3 Å². The molecule has 1 fully saturated rings. The summed E-state index contributed by atoms with van der Waals surface area (Å²) >= 11 is 0. The summed E-state index contributed by atoms with van der Waals surface area (Å²) in [5.41, 5.74) is 0.715. The van der Waals surface area contributed by atoms with Crippen molar-refractivity contribution in [1.29, 1.82) is 0 Å². The van der Waals surface area contributed by atoms with Crippen molar-refractivity contribution in [1.82, 2.24) is 15.1 Å². The Labute approximate surface area is 119 Å². The Morgan fingerprint density at radius 2 is 1.90 bits per heavy atom. The lowest BCUT2D eigenvalue weighted by molar-refractivity contribution is 0.133. The number of hydrogen-bond acceptors (Lipinski definition) is 2. The molecule has 2 amide bonds. The average molecular weight is 279 g/mol. The Morgan fingerprint density at radius 1 is 1.25 bits per heavy atom. The summed E-state index contributed by atoms with van der Waals surface area (Å²) in [7, 11) is 0. The van der Waals surface area contributed by atoms with Crippen molar-refractivity contribution in [3.05, 3.63) is 35.6 Å². The van der Waals surface area contributed by atoms with Crippen LogP contribution in [0.15, 0.2) is 24.3 Å². The summed E-state index contributed by atoms with van der Waals surface area (Å²) in [4.78, 5) is 15.9. The van der Waals surface area contributed by atoms with Gasteiger partial charge in [0.2, 0.25) is 0 Å². The summed E-state index contributed by atoms with van der Waals surface area (Å²) in [6.07, 6.45) is 0. The third-order valence-corrected chi connectivity index (χ3v) is 3.42. The Hall–Kier alpha value is -1.62. The monoisotopic (exact) mass is 279 g/mol. The Bertz CT molecular complexity index is 456. The molecule has 1 saturated heterocycles. The molecule has 1 heterocycles. The summed E-state index contributed by atoms with van der Waals surface area (Å²) in [5, 5.41) is 2.89. The quantitative estimate of drug-likeness (QED) is 0.919. The minimum Gasteiger partial charge on any atom is -0.336 e. The van der Waals surface area contributed by atoms with Crippen molar-refractivity contribution in [2.45, 2.75) is 26.4 Å². The number of benzene rings is 1. The van der Waals surface area contributed by atoms with Gasteiger partial charge in [-0.15, -0.1) is 0 Å². The second kappa shape index (κ2) is 6.70. The van der Waals surface area contributed by atoms with Crippen LogP contribution in [-0.2, 0) is 6.54 Å². The first kappa shape index (κ1) is 14.8. The zero-order valence-corrected chi connectivity index (χ0v) is 12.1. The van der Waals surface area contributed by atoms with Crippen LogP contribution in [0.3, 0.4) is 0 Å². The van der Waals surface area contributed by atoms with E-state index in [0.717, 1.165) is 13.1 Å². The molecule has 20 heavy (non-hydrogen) atoms. The highest BCUT2D eigenvalue weighted by atomic mass is 19.1. The van der Waals surface area contributed by atoms with Crippen LogP contribution >= 0.6 is 0 Å². The minimum absolute atomic E-state index is 0.00876. The number of hydrogen-bond donors (Lipinski definition) is 1. The van der Waals surface area contributed by atoms with E-state index in [1.807, 2.05) is 30.9 Å². The zero-order valence-electron chi connectivity index (χ0n) is 12.1.